The van der Waals surface area contributed by atoms with E-state index >= 15 is 0 Å². The molecule has 2 fully saturated rings. The first-order chi connectivity index (χ1) is 9.92. The summed E-state index contributed by atoms with van der Waals surface area (Å²) in [6.07, 6.45) is 7.17. The van der Waals surface area contributed by atoms with Crippen LogP contribution in [0.5, 0.6) is 0 Å². The molecule has 1 N–H and O–H groups in total. The Kier molecular flexibility index (Phi) is 3.11. The Morgan fingerprint density at radius 2 is 1.85 bits per heavy atom. The molecular formula is C16H22N4. The van der Waals surface area contributed by atoms with Gasteiger partial charge in [-0.1, -0.05) is 6.07 Å². The largest absolute Gasteiger partial charge is 0.370 e. The highest BCUT2D eigenvalue weighted by Gasteiger charge is 2.27. The lowest BCUT2D eigenvalue weighted by Crippen LogP contribution is -2.43. The minimum Gasteiger partial charge on any atom is -0.370 e. The van der Waals surface area contributed by atoms with E-state index < -0.39 is 0 Å². The van der Waals surface area contributed by atoms with Gasteiger partial charge in [0.05, 0.1) is 17.5 Å². The molecule has 4 nitrogen and oxygen atoms in total. The second kappa shape index (κ2) is 5.09. The van der Waals surface area contributed by atoms with E-state index in [4.69, 9.17) is 0 Å². The van der Waals surface area contributed by atoms with E-state index in [0.29, 0.717) is 0 Å². The Labute approximate surface area is 119 Å². The molecule has 0 saturated carbocycles. The van der Waals surface area contributed by atoms with Crippen LogP contribution in [0.15, 0.2) is 24.5 Å². The SMILES string of the molecule is c1cc(N2CCC(N3CCCC3)CC2)c2nc[nH]c2c1. The van der Waals surface area contributed by atoms with E-state index in [1.807, 2.05) is 0 Å². The second-order valence-corrected chi connectivity index (χ2v) is 6.04. The van der Waals surface area contributed by atoms with Crippen LogP contribution in [-0.4, -0.2) is 47.1 Å². The first-order valence-electron chi connectivity index (χ1n) is 7.83. The number of aromatic amines is 1. The Hall–Kier alpha value is -1.55. The van der Waals surface area contributed by atoms with Gasteiger partial charge < -0.3 is 14.8 Å². The lowest BCUT2D eigenvalue weighted by Gasteiger charge is -2.37. The van der Waals surface area contributed by atoms with Gasteiger partial charge in [0.1, 0.15) is 5.52 Å². The third kappa shape index (κ3) is 2.08. The molecule has 0 radical (unpaired) electrons. The zero-order chi connectivity index (χ0) is 13.4. The van der Waals surface area contributed by atoms with Crippen molar-refractivity contribution in [3.63, 3.8) is 0 Å². The number of hydrogen-bond acceptors (Lipinski definition) is 3. The van der Waals surface area contributed by atoms with Gasteiger partial charge in [0, 0.05) is 19.1 Å². The number of nitrogens with zero attached hydrogens (tertiary/aromatic N) is 3. The van der Waals surface area contributed by atoms with Crippen molar-refractivity contribution < 1.29 is 0 Å². The van der Waals surface area contributed by atoms with Gasteiger partial charge in [-0.25, -0.2) is 4.98 Å². The molecule has 3 heterocycles. The Morgan fingerprint density at radius 1 is 1.05 bits per heavy atom. The number of H-pyrrole nitrogens is 1. The normalized spacial score (nSPS) is 21.9. The third-order valence-corrected chi connectivity index (χ3v) is 4.89. The third-order valence-electron chi connectivity index (χ3n) is 4.89. The molecule has 0 atom stereocenters. The molecule has 4 heteroatoms. The zero-order valence-electron chi connectivity index (χ0n) is 11.9. The number of anilines is 1. The Morgan fingerprint density at radius 3 is 2.65 bits per heavy atom. The maximum Gasteiger partial charge on any atom is 0.112 e. The predicted octanol–water partition coefficient (Wildman–Crippen LogP) is 2.63. The van der Waals surface area contributed by atoms with Crippen LogP contribution >= 0.6 is 0 Å². The van der Waals surface area contributed by atoms with Crippen LogP contribution in [0.2, 0.25) is 0 Å². The molecule has 0 amide bonds. The van der Waals surface area contributed by atoms with Gasteiger partial charge in [-0.15, -0.1) is 0 Å². The van der Waals surface area contributed by atoms with E-state index in [1.54, 1.807) is 6.33 Å². The highest BCUT2D eigenvalue weighted by molar-refractivity contribution is 5.88. The summed E-state index contributed by atoms with van der Waals surface area (Å²) in [5.74, 6) is 0. The molecule has 2 aliphatic rings. The van der Waals surface area contributed by atoms with Crippen molar-refractivity contribution in [3.05, 3.63) is 24.5 Å². The van der Waals surface area contributed by atoms with Crippen molar-refractivity contribution in [2.45, 2.75) is 31.7 Å². The van der Waals surface area contributed by atoms with E-state index in [9.17, 15) is 0 Å². The van der Waals surface area contributed by atoms with Gasteiger partial charge in [0.15, 0.2) is 0 Å². The fourth-order valence-corrected chi connectivity index (χ4v) is 3.78. The van der Waals surface area contributed by atoms with Crippen molar-refractivity contribution in [1.82, 2.24) is 14.9 Å². The minimum absolute atomic E-state index is 0.812. The van der Waals surface area contributed by atoms with Gasteiger partial charge in [0.2, 0.25) is 0 Å². The van der Waals surface area contributed by atoms with E-state index in [0.717, 1.165) is 30.2 Å². The molecule has 0 unspecified atom stereocenters. The smallest absolute Gasteiger partial charge is 0.112 e. The van der Waals surface area contributed by atoms with Crippen molar-refractivity contribution in [3.8, 4) is 0 Å². The fourth-order valence-electron chi connectivity index (χ4n) is 3.78. The molecular weight excluding hydrogens is 248 g/mol. The molecule has 0 spiro atoms. The molecule has 106 valence electrons. The first kappa shape index (κ1) is 12.2. The van der Waals surface area contributed by atoms with Gasteiger partial charge >= 0.3 is 0 Å². The highest BCUT2D eigenvalue weighted by atomic mass is 15.2. The molecule has 1 aromatic carbocycles. The number of imidazole rings is 1. The summed E-state index contributed by atoms with van der Waals surface area (Å²) in [5.41, 5.74) is 3.56. The summed E-state index contributed by atoms with van der Waals surface area (Å²) in [7, 11) is 0. The summed E-state index contributed by atoms with van der Waals surface area (Å²) in [6.45, 7) is 4.96. The summed E-state index contributed by atoms with van der Waals surface area (Å²) >= 11 is 0. The number of fused-ring (bicyclic) bond motifs is 1. The molecule has 0 aliphatic carbocycles. The van der Waals surface area contributed by atoms with Crippen molar-refractivity contribution >= 4 is 16.7 Å². The number of nitrogens with one attached hydrogen (secondary N) is 1. The number of likely N-dealkylation sites (tertiary alicyclic amines) is 1. The van der Waals surface area contributed by atoms with Crippen LogP contribution in [0.1, 0.15) is 25.7 Å². The van der Waals surface area contributed by atoms with Gasteiger partial charge in [0.25, 0.3) is 0 Å². The molecule has 1 aromatic heterocycles. The molecule has 4 rings (SSSR count). The van der Waals surface area contributed by atoms with Crippen LogP contribution in [0.4, 0.5) is 5.69 Å². The molecule has 2 aromatic rings. The van der Waals surface area contributed by atoms with Gasteiger partial charge in [-0.3, -0.25) is 0 Å². The van der Waals surface area contributed by atoms with Crippen molar-refractivity contribution in [2.75, 3.05) is 31.1 Å². The molecule has 2 saturated heterocycles. The van der Waals surface area contributed by atoms with Crippen LogP contribution in [0.3, 0.4) is 0 Å². The number of benzene rings is 1. The Balaban J connectivity index is 1.50. The lowest BCUT2D eigenvalue weighted by molar-refractivity contribution is 0.208. The Bertz CT molecular complexity index is 577. The van der Waals surface area contributed by atoms with Crippen LogP contribution in [0, 0.1) is 0 Å². The molecule has 2 aliphatic heterocycles. The zero-order valence-corrected chi connectivity index (χ0v) is 11.9. The van der Waals surface area contributed by atoms with Crippen LogP contribution < -0.4 is 4.90 Å². The average Bonchev–Trinajstić information content (AvgIpc) is 3.18. The highest BCUT2D eigenvalue weighted by Crippen LogP contribution is 2.28. The summed E-state index contributed by atoms with van der Waals surface area (Å²) in [5, 5.41) is 0. The van der Waals surface area contributed by atoms with Crippen molar-refractivity contribution in [2.24, 2.45) is 0 Å². The minimum atomic E-state index is 0.812. The quantitative estimate of drug-likeness (QED) is 0.911. The monoisotopic (exact) mass is 270 g/mol. The predicted molar refractivity (Wildman–Crippen MR) is 82.1 cm³/mol. The van der Waals surface area contributed by atoms with E-state index in [2.05, 4.69) is 38.0 Å². The summed E-state index contributed by atoms with van der Waals surface area (Å²) in [4.78, 5) is 12.9. The maximum absolute atomic E-state index is 4.48. The summed E-state index contributed by atoms with van der Waals surface area (Å²) < 4.78 is 0. The molecule has 20 heavy (non-hydrogen) atoms. The first-order valence-corrected chi connectivity index (χ1v) is 7.83. The number of para-hydroxylation sites is 1. The lowest BCUT2D eigenvalue weighted by atomic mass is 10.0. The van der Waals surface area contributed by atoms with Gasteiger partial charge in [-0.2, -0.15) is 0 Å². The average molecular weight is 270 g/mol. The summed E-state index contributed by atoms with van der Waals surface area (Å²) in [6, 6.07) is 7.25. The number of piperidine rings is 1. The van der Waals surface area contributed by atoms with Crippen molar-refractivity contribution in [1.29, 1.82) is 0 Å². The van der Waals surface area contributed by atoms with E-state index in [-0.39, 0.29) is 0 Å². The van der Waals surface area contributed by atoms with Gasteiger partial charge in [-0.05, 0) is 50.9 Å². The number of hydrogen-bond donors (Lipinski definition) is 1. The second-order valence-electron chi connectivity index (χ2n) is 6.04. The van der Waals surface area contributed by atoms with E-state index in [1.165, 1.54) is 44.5 Å². The molecule has 0 bridgehead atoms. The topological polar surface area (TPSA) is 35.2 Å². The fraction of sp³-hybridized carbons (Fsp3) is 0.562. The maximum atomic E-state index is 4.48. The van der Waals surface area contributed by atoms with Crippen LogP contribution in [0.25, 0.3) is 11.0 Å². The van der Waals surface area contributed by atoms with Crippen LogP contribution in [-0.2, 0) is 0 Å². The standard InChI is InChI=1S/C16H22N4/c1-2-9-19(8-1)13-6-10-20(11-7-13)15-5-3-4-14-16(15)18-12-17-14/h3-5,12-13H,1-2,6-11H2,(H,17,18). The number of aromatic nitrogens is 2. The number of rotatable bonds is 2.